The molecule has 0 aliphatic heterocycles. The summed E-state index contributed by atoms with van der Waals surface area (Å²) >= 11 is 11.7. The van der Waals surface area contributed by atoms with E-state index in [-0.39, 0.29) is 23.8 Å². The Morgan fingerprint density at radius 1 is 1.00 bits per heavy atom. The second-order valence-electron chi connectivity index (χ2n) is 4.67. The van der Waals surface area contributed by atoms with Gasteiger partial charge in [0.2, 0.25) is 15.9 Å². The third kappa shape index (κ3) is 5.51. The maximum atomic E-state index is 12.0. The minimum Gasteiger partial charge on any atom is -0.326 e. The maximum Gasteiger partial charge on any atom is 0.240 e. The summed E-state index contributed by atoms with van der Waals surface area (Å²) in [5.41, 5.74) is 0.457. The van der Waals surface area contributed by atoms with E-state index in [9.17, 15) is 13.2 Å². The molecule has 0 aromatic heterocycles. The molecule has 0 bridgehead atoms. The predicted octanol–water partition coefficient (Wildman–Crippen LogP) is 3.30. The van der Waals surface area contributed by atoms with Gasteiger partial charge in [-0.15, -0.1) is 0 Å². The molecule has 2 aromatic rings. The molecule has 0 fully saturated rings. The molecule has 0 saturated heterocycles. The largest absolute Gasteiger partial charge is 0.326 e. The van der Waals surface area contributed by atoms with Crippen molar-refractivity contribution in [3.05, 3.63) is 58.6 Å². The molecule has 23 heavy (non-hydrogen) atoms. The van der Waals surface area contributed by atoms with Gasteiger partial charge in [0.1, 0.15) is 0 Å². The van der Waals surface area contributed by atoms with Gasteiger partial charge in [0.15, 0.2) is 0 Å². The summed E-state index contributed by atoms with van der Waals surface area (Å²) in [6, 6.07) is 12.6. The number of carbonyl (C=O) groups excluding carboxylic acids is 1. The maximum absolute atomic E-state index is 12.0. The second kappa shape index (κ2) is 7.79. The first-order valence-corrected chi connectivity index (χ1v) is 8.91. The molecule has 0 atom stereocenters. The van der Waals surface area contributed by atoms with Gasteiger partial charge in [-0.2, -0.15) is 0 Å². The fourth-order valence-electron chi connectivity index (χ4n) is 1.83. The first kappa shape index (κ1) is 17.7. The average molecular weight is 373 g/mol. The minimum atomic E-state index is -3.61. The van der Waals surface area contributed by atoms with Crippen LogP contribution >= 0.6 is 23.2 Å². The molecule has 122 valence electrons. The normalized spacial score (nSPS) is 11.2. The third-order valence-electron chi connectivity index (χ3n) is 2.84. The highest BCUT2D eigenvalue weighted by molar-refractivity contribution is 7.89. The van der Waals surface area contributed by atoms with Crippen LogP contribution in [0.3, 0.4) is 0 Å². The van der Waals surface area contributed by atoms with Gasteiger partial charge in [-0.1, -0.05) is 41.4 Å². The van der Waals surface area contributed by atoms with Crippen LogP contribution in [0.2, 0.25) is 10.0 Å². The first-order valence-electron chi connectivity index (χ1n) is 6.67. The quantitative estimate of drug-likeness (QED) is 0.816. The van der Waals surface area contributed by atoms with Crippen LogP contribution in [0.1, 0.15) is 6.42 Å². The zero-order valence-corrected chi connectivity index (χ0v) is 14.3. The Morgan fingerprint density at radius 2 is 1.61 bits per heavy atom. The molecule has 1 amide bonds. The lowest BCUT2D eigenvalue weighted by atomic mass is 10.3. The van der Waals surface area contributed by atoms with Crippen molar-refractivity contribution in [3.8, 4) is 0 Å². The standard InChI is InChI=1S/C15H14Cl2N2O3S/c16-11-8-12(17)10-13(9-11)19-15(20)6-7-18-23(21,22)14-4-2-1-3-5-14/h1-5,8-10,18H,6-7H2,(H,19,20). The fraction of sp³-hybridized carbons (Fsp3) is 0.133. The van der Waals surface area contributed by atoms with Crippen LogP contribution in [0, 0.1) is 0 Å². The van der Waals surface area contributed by atoms with Gasteiger partial charge in [-0.25, -0.2) is 13.1 Å². The Morgan fingerprint density at radius 3 is 2.22 bits per heavy atom. The molecule has 0 saturated carbocycles. The molecular weight excluding hydrogens is 359 g/mol. The molecular formula is C15H14Cl2N2O3S. The van der Waals surface area contributed by atoms with Crippen molar-refractivity contribution in [1.29, 1.82) is 0 Å². The molecule has 0 unspecified atom stereocenters. The summed E-state index contributed by atoms with van der Waals surface area (Å²) in [7, 11) is -3.61. The van der Waals surface area contributed by atoms with Crippen LogP contribution in [0.25, 0.3) is 0 Å². The van der Waals surface area contributed by atoms with Crippen LogP contribution in [0.4, 0.5) is 5.69 Å². The average Bonchev–Trinajstić information content (AvgIpc) is 2.46. The zero-order valence-electron chi connectivity index (χ0n) is 11.9. The molecule has 0 heterocycles. The molecule has 0 radical (unpaired) electrons. The number of sulfonamides is 1. The predicted molar refractivity (Wildman–Crippen MR) is 91.3 cm³/mol. The van der Waals surface area contributed by atoms with E-state index in [1.165, 1.54) is 12.1 Å². The van der Waals surface area contributed by atoms with E-state index >= 15 is 0 Å². The molecule has 2 rings (SSSR count). The van der Waals surface area contributed by atoms with E-state index in [0.29, 0.717) is 15.7 Å². The highest BCUT2D eigenvalue weighted by atomic mass is 35.5. The summed E-state index contributed by atoms with van der Waals surface area (Å²) in [6.07, 6.45) is -0.0177. The molecule has 0 spiro atoms. The lowest BCUT2D eigenvalue weighted by Gasteiger charge is -2.08. The Balaban J connectivity index is 1.87. The van der Waals surface area contributed by atoms with Gasteiger partial charge in [0.25, 0.3) is 0 Å². The summed E-state index contributed by atoms with van der Waals surface area (Å²) in [5, 5.41) is 3.41. The van der Waals surface area contributed by atoms with Gasteiger partial charge in [-0.05, 0) is 30.3 Å². The van der Waals surface area contributed by atoms with Gasteiger partial charge in [0, 0.05) is 28.7 Å². The topological polar surface area (TPSA) is 75.3 Å². The van der Waals surface area contributed by atoms with Gasteiger partial charge >= 0.3 is 0 Å². The van der Waals surface area contributed by atoms with Crippen LogP contribution < -0.4 is 10.0 Å². The van der Waals surface area contributed by atoms with E-state index in [1.54, 1.807) is 36.4 Å². The van der Waals surface area contributed by atoms with Crippen LogP contribution in [0.15, 0.2) is 53.4 Å². The van der Waals surface area contributed by atoms with Crippen molar-refractivity contribution < 1.29 is 13.2 Å². The van der Waals surface area contributed by atoms with E-state index in [0.717, 1.165) is 0 Å². The SMILES string of the molecule is O=C(CCNS(=O)(=O)c1ccccc1)Nc1cc(Cl)cc(Cl)c1. The number of carbonyl (C=O) groups is 1. The highest BCUT2D eigenvalue weighted by Crippen LogP contribution is 2.22. The van der Waals surface area contributed by atoms with Crippen LogP contribution in [-0.2, 0) is 14.8 Å². The fourth-order valence-corrected chi connectivity index (χ4v) is 3.41. The minimum absolute atomic E-state index is 0.0165. The van der Waals surface area contributed by atoms with Crippen molar-refractivity contribution in [1.82, 2.24) is 4.72 Å². The van der Waals surface area contributed by atoms with E-state index in [2.05, 4.69) is 10.0 Å². The monoisotopic (exact) mass is 372 g/mol. The number of hydrogen-bond acceptors (Lipinski definition) is 3. The van der Waals surface area contributed by atoms with E-state index in [1.807, 2.05) is 0 Å². The lowest BCUT2D eigenvalue weighted by molar-refractivity contribution is -0.116. The van der Waals surface area contributed by atoms with E-state index in [4.69, 9.17) is 23.2 Å². The van der Waals surface area contributed by atoms with Crippen molar-refractivity contribution >= 4 is 44.8 Å². The molecule has 2 N–H and O–H groups in total. The number of hydrogen-bond donors (Lipinski definition) is 2. The van der Waals surface area contributed by atoms with Crippen LogP contribution in [-0.4, -0.2) is 20.9 Å². The summed E-state index contributed by atoms with van der Waals surface area (Å²) in [4.78, 5) is 12.0. The summed E-state index contributed by atoms with van der Waals surface area (Å²) < 4.78 is 26.3. The zero-order chi connectivity index (χ0) is 16.9. The molecule has 0 aliphatic rings. The van der Waals surface area contributed by atoms with Crippen molar-refractivity contribution in [2.24, 2.45) is 0 Å². The van der Waals surface area contributed by atoms with Crippen molar-refractivity contribution in [2.45, 2.75) is 11.3 Å². The Labute approximate surface area is 144 Å². The van der Waals surface area contributed by atoms with Gasteiger partial charge < -0.3 is 5.32 Å². The number of benzene rings is 2. The number of anilines is 1. The Hall–Kier alpha value is -1.60. The molecule has 2 aromatic carbocycles. The summed E-state index contributed by atoms with van der Waals surface area (Å²) in [6.45, 7) is -0.0165. The number of rotatable bonds is 6. The van der Waals surface area contributed by atoms with E-state index < -0.39 is 10.0 Å². The van der Waals surface area contributed by atoms with Gasteiger partial charge in [-0.3, -0.25) is 4.79 Å². The molecule has 8 heteroatoms. The highest BCUT2D eigenvalue weighted by Gasteiger charge is 2.13. The summed E-state index contributed by atoms with van der Waals surface area (Å²) in [5.74, 6) is -0.348. The first-order chi connectivity index (χ1) is 10.9. The van der Waals surface area contributed by atoms with Crippen LogP contribution in [0.5, 0.6) is 0 Å². The number of amides is 1. The van der Waals surface area contributed by atoms with Gasteiger partial charge in [0.05, 0.1) is 4.90 Å². The Bertz CT molecular complexity index is 775. The lowest BCUT2D eigenvalue weighted by Crippen LogP contribution is -2.27. The Kier molecular flexibility index (Phi) is 6.01. The third-order valence-corrected chi connectivity index (χ3v) is 4.76. The number of nitrogens with one attached hydrogen (secondary N) is 2. The smallest absolute Gasteiger partial charge is 0.240 e. The van der Waals surface area contributed by atoms with Crippen molar-refractivity contribution in [2.75, 3.05) is 11.9 Å². The second-order valence-corrected chi connectivity index (χ2v) is 7.31. The molecule has 5 nitrogen and oxygen atoms in total. The number of halogens is 2. The van der Waals surface area contributed by atoms with Crippen molar-refractivity contribution in [3.63, 3.8) is 0 Å². The molecule has 0 aliphatic carbocycles.